The van der Waals surface area contributed by atoms with Gasteiger partial charge in [-0.05, 0) is 48.0 Å². The first-order chi connectivity index (χ1) is 13.3. The van der Waals surface area contributed by atoms with Crippen molar-refractivity contribution in [3.8, 4) is 0 Å². The van der Waals surface area contributed by atoms with E-state index < -0.39 is 0 Å². The molecule has 1 aliphatic heterocycles. The molecule has 1 N–H and O–H groups in total. The Kier molecular flexibility index (Phi) is 3.53. The van der Waals surface area contributed by atoms with Crippen LogP contribution in [0.3, 0.4) is 0 Å². The van der Waals surface area contributed by atoms with E-state index in [-0.39, 0.29) is 5.91 Å². The number of hydrogen-bond donors (Lipinski definition) is 1. The van der Waals surface area contributed by atoms with Crippen LogP contribution in [0.25, 0.3) is 10.9 Å². The molecule has 0 fully saturated rings. The number of anilines is 4. The molecule has 0 bridgehead atoms. The molecule has 27 heavy (non-hydrogen) atoms. The summed E-state index contributed by atoms with van der Waals surface area (Å²) in [4.78, 5) is 27.0. The van der Waals surface area contributed by atoms with E-state index in [1.807, 2.05) is 59.5 Å². The molecule has 0 spiro atoms. The van der Waals surface area contributed by atoms with E-state index in [1.165, 1.54) is 0 Å². The Morgan fingerprint density at radius 1 is 0.963 bits per heavy atom. The molecule has 6 nitrogen and oxygen atoms in total. The zero-order valence-electron chi connectivity index (χ0n) is 14.3. The van der Waals surface area contributed by atoms with Gasteiger partial charge >= 0.3 is 0 Å². The van der Waals surface area contributed by atoms with Gasteiger partial charge in [0.2, 0.25) is 5.91 Å². The first-order valence-electron chi connectivity index (χ1n) is 8.62. The van der Waals surface area contributed by atoms with Crippen molar-refractivity contribution in [3.05, 3.63) is 78.9 Å². The van der Waals surface area contributed by atoms with Gasteiger partial charge in [-0.1, -0.05) is 12.1 Å². The third kappa shape index (κ3) is 2.67. The van der Waals surface area contributed by atoms with Gasteiger partial charge in [-0.25, -0.2) is 9.97 Å². The van der Waals surface area contributed by atoms with Crippen molar-refractivity contribution in [1.82, 2.24) is 15.0 Å². The van der Waals surface area contributed by atoms with Crippen molar-refractivity contribution in [3.63, 3.8) is 0 Å². The summed E-state index contributed by atoms with van der Waals surface area (Å²) in [6.45, 7) is 0. The summed E-state index contributed by atoms with van der Waals surface area (Å²) >= 11 is 0. The van der Waals surface area contributed by atoms with E-state index in [2.05, 4.69) is 20.3 Å². The predicted octanol–water partition coefficient (Wildman–Crippen LogP) is 3.99. The highest BCUT2D eigenvalue weighted by atomic mass is 16.1. The molecule has 0 saturated carbocycles. The molecule has 0 unspecified atom stereocenters. The van der Waals surface area contributed by atoms with Crippen LogP contribution in [-0.4, -0.2) is 20.9 Å². The normalized spacial score (nSPS) is 12.7. The number of fused-ring (bicyclic) bond motifs is 2. The van der Waals surface area contributed by atoms with Gasteiger partial charge in [-0.15, -0.1) is 0 Å². The predicted molar refractivity (Wildman–Crippen MR) is 104 cm³/mol. The number of amides is 1. The number of hydrogen-bond acceptors (Lipinski definition) is 5. The second-order valence-electron chi connectivity index (χ2n) is 6.33. The molecule has 4 aromatic rings. The van der Waals surface area contributed by atoms with Gasteiger partial charge in [0.1, 0.15) is 12.1 Å². The molecular weight excluding hydrogens is 338 g/mol. The van der Waals surface area contributed by atoms with Crippen molar-refractivity contribution in [1.29, 1.82) is 0 Å². The monoisotopic (exact) mass is 353 g/mol. The minimum atomic E-state index is 0.0163. The van der Waals surface area contributed by atoms with Crippen LogP contribution >= 0.6 is 0 Å². The Morgan fingerprint density at radius 2 is 1.89 bits per heavy atom. The zero-order chi connectivity index (χ0) is 18.2. The Morgan fingerprint density at radius 3 is 2.78 bits per heavy atom. The average Bonchev–Trinajstić information content (AvgIpc) is 3.09. The Balaban J connectivity index is 1.74. The molecule has 2 aromatic carbocycles. The molecule has 1 aliphatic rings. The first-order valence-corrected chi connectivity index (χ1v) is 8.62. The summed E-state index contributed by atoms with van der Waals surface area (Å²) in [7, 11) is 0. The number of benzene rings is 2. The van der Waals surface area contributed by atoms with Crippen LogP contribution in [0.1, 0.15) is 5.56 Å². The number of para-hydroxylation sites is 1. The highest BCUT2D eigenvalue weighted by Gasteiger charge is 2.22. The summed E-state index contributed by atoms with van der Waals surface area (Å²) < 4.78 is 0. The lowest BCUT2D eigenvalue weighted by Crippen LogP contribution is -2.13. The minimum absolute atomic E-state index is 0.0163. The maximum Gasteiger partial charge on any atom is 0.228 e. The lowest BCUT2D eigenvalue weighted by Gasteiger charge is -2.25. The van der Waals surface area contributed by atoms with E-state index in [0.717, 1.165) is 39.3 Å². The highest BCUT2D eigenvalue weighted by molar-refractivity contribution is 6.00. The molecule has 0 saturated heterocycles. The SMILES string of the molecule is O=C1Cc2cc(N(c3cccnc3)c3ncnc4ccccc34)ccc2N1. The van der Waals surface area contributed by atoms with Gasteiger partial charge in [0, 0.05) is 23.0 Å². The van der Waals surface area contributed by atoms with Crippen LogP contribution in [0.4, 0.5) is 22.9 Å². The van der Waals surface area contributed by atoms with Crippen molar-refractivity contribution in [2.75, 3.05) is 10.2 Å². The number of carbonyl (C=O) groups is 1. The number of rotatable bonds is 3. The maximum atomic E-state index is 11.7. The van der Waals surface area contributed by atoms with E-state index >= 15 is 0 Å². The molecule has 0 atom stereocenters. The molecule has 1 amide bonds. The third-order valence-corrected chi connectivity index (χ3v) is 4.61. The summed E-state index contributed by atoms with van der Waals surface area (Å²) in [5, 5.41) is 3.82. The fourth-order valence-corrected chi connectivity index (χ4v) is 3.40. The number of pyridine rings is 1. The summed E-state index contributed by atoms with van der Waals surface area (Å²) in [5.74, 6) is 0.786. The van der Waals surface area contributed by atoms with Gasteiger partial charge < -0.3 is 5.32 Å². The molecule has 2 aromatic heterocycles. The lowest BCUT2D eigenvalue weighted by molar-refractivity contribution is -0.115. The Labute approximate surface area is 155 Å². The molecule has 5 rings (SSSR count). The Bertz CT molecular complexity index is 1150. The number of nitrogens with zero attached hydrogens (tertiary/aromatic N) is 4. The molecular formula is C21H15N5O. The lowest BCUT2D eigenvalue weighted by atomic mass is 10.1. The van der Waals surface area contributed by atoms with Gasteiger partial charge in [-0.2, -0.15) is 0 Å². The van der Waals surface area contributed by atoms with Crippen LogP contribution in [0.5, 0.6) is 0 Å². The van der Waals surface area contributed by atoms with Gasteiger partial charge in [-0.3, -0.25) is 14.7 Å². The standard InChI is InChI=1S/C21H15N5O/c27-20-11-14-10-15(7-8-18(14)25-20)26(16-4-3-9-22-12-16)21-17-5-1-2-6-19(17)23-13-24-21/h1-10,12-13H,11H2,(H,25,27). The second kappa shape index (κ2) is 6.17. The van der Waals surface area contributed by atoms with Crippen LogP contribution in [0.2, 0.25) is 0 Å². The molecule has 6 heteroatoms. The van der Waals surface area contributed by atoms with Crippen LogP contribution in [0.15, 0.2) is 73.3 Å². The molecule has 130 valence electrons. The summed E-state index contributed by atoms with van der Waals surface area (Å²) in [5.41, 5.74) is 4.52. The fourth-order valence-electron chi connectivity index (χ4n) is 3.40. The van der Waals surface area contributed by atoms with Gasteiger partial charge in [0.25, 0.3) is 0 Å². The molecule has 3 heterocycles. The first kappa shape index (κ1) is 15.5. The smallest absolute Gasteiger partial charge is 0.228 e. The molecule has 0 radical (unpaired) electrons. The third-order valence-electron chi connectivity index (χ3n) is 4.61. The number of carbonyl (C=O) groups excluding carboxylic acids is 1. The van der Waals surface area contributed by atoms with E-state index in [4.69, 9.17) is 0 Å². The fraction of sp³-hybridized carbons (Fsp3) is 0.0476. The van der Waals surface area contributed by atoms with Gasteiger partial charge in [0.05, 0.1) is 23.8 Å². The van der Waals surface area contributed by atoms with E-state index in [0.29, 0.717) is 6.42 Å². The van der Waals surface area contributed by atoms with E-state index in [1.54, 1.807) is 18.7 Å². The highest BCUT2D eigenvalue weighted by Crippen LogP contribution is 2.38. The van der Waals surface area contributed by atoms with Crippen molar-refractivity contribution < 1.29 is 4.79 Å². The van der Waals surface area contributed by atoms with E-state index in [9.17, 15) is 4.79 Å². The van der Waals surface area contributed by atoms with Crippen LogP contribution < -0.4 is 10.2 Å². The molecule has 0 aliphatic carbocycles. The van der Waals surface area contributed by atoms with Crippen LogP contribution in [0, 0.1) is 0 Å². The summed E-state index contributed by atoms with van der Waals surface area (Å²) in [6, 6.07) is 17.7. The van der Waals surface area contributed by atoms with Crippen molar-refractivity contribution in [2.24, 2.45) is 0 Å². The Hall–Kier alpha value is -3.80. The quantitative estimate of drug-likeness (QED) is 0.603. The number of aromatic nitrogens is 3. The topological polar surface area (TPSA) is 71.0 Å². The summed E-state index contributed by atoms with van der Waals surface area (Å²) in [6.07, 6.45) is 5.49. The minimum Gasteiger partial charge on any atom is -0.326 e. The zero-order valence-corrected chi connectivity index (χ0v) is 14.3. The largest absolute Gasteiger partial charge is 0.326 e. The van der Waals surface area contributed by atoms with Crippen molar-refractivity contribution in [2.45, 2.75) is 6.42 Å². The van der Waals surface area contributed by atoms with Crippen LogP contribution in [-0.2, 0) is 11.2 Å². The van der Waals surface area contributed by atoms with Gasteiger partial charge in [0.15, 0.2) is 0 Å². The maximum absolute atomic E-state index is 11.7. The van der Waals surface area contributed by atoms with Crippen molar-refractivity contribution >= 4 is 39.7 Å². The second-order valence-corrected chi connectivity index (χ2v) is 6.33. The number of nitrogens with one attached hydrogen (secondary N) is 1. The average molecular weight is 353 g/mol.